The number of fused-ring (bicyclic) bond motifs is 4. The van der Waals surface area contributed by atoms with Crippen molar-refractivity contribution in [2.75, 3.05) is 0 Å². The highest BCUT2D eigenvalue weighted by Gasteiger charge is 2.60. The second-order valence-electron chi connectivity index (χ2n) is 12.2. The smallest absolute Gasteiger partial charge is 0.403 e. The zero-order valence-electron chi connectivity index (χ0n) is 27.4. The molecule has 1 fully saturated rings. The van der Waals surface area contributed by atoms with Crippen molar-refractivity contribution in [3.63, 3.8) is 0 Å². The Morgan fingerprint density at radius 3 is 0.981 bits per heavy atom. The monoisotopic (exact) mass is 725 g/mol. The van der Waals surface area contributed by atoms with Crippen LogP contribution in [0, 0.1) is 0 Å². The molecule has 0 unspecified atom stereocenters. The van der Waals surface area contributed by atoms with Gasteiger partial charge in [-0.05, 0) is 110 Å². The molecule has 1 saturated carbocycles. The fraction of sp³-hybridized carbons (Fsp3) is 0.0769. The van der Waals surface area contributed by atoms with Crippen LogP contribution >= 0.6 is 15.5 Å². The van der Waals surface area contributed by atoms with Gasteiger partial charge in [-0.3, -0.25) is 19.9 Å². The Labute approximate surface area is 298 Å². The predicted octanol–water partition coefficient (Wildman–Crippen LogP) is 10.2. The number of nitrogens with zero attached hydrogens (tertiary/aromatic N) is 5. The van der Waals surface area contributed by atoms with E-state index in [0.29, 0.717) is 56.5 Å². The summed E-state index contributed by atoms with van der Waals surface area (Å²) in [6, 6.07) is 34.7. The summed E-state index contributed by atoms with van der Waals surface area (Å²) < 4.78 is 59.6. The van der Waals surface area contributed by atoms with E-state index in [1.165, 1.54) is 4.44 Å². The van der Waals surface area contributed by atoms with E-state index in [1.807, 2.05) is 48.5 Å². The first kappa shape index (κ1) is 32.1. The summed E-state index contributed by atoms with van der Waals surface area (Å²) in [7, 11) is -9.52. The number of hydrogen-bond donors (Lipinski definition) is 0. The molecule has 1 aliphatic rings. The van der Waals surface area contributed by atoms with Crippen LogP contribution in [0.3, 0.4) is 0 Å². The fourth-order valence-electron chi connectivity index (χ4n) is 6.16. The van der Waals surface area contributed by atoms with Crippen molar-refractivity contribution in [1.82, 2.24) is 24.4 Å². The quantitative estimate of drug-likeness (QED) is 0.118. The van der Waals surface area contributed by atoms with Gasteiger partial charge in [0.1, 0.15) is 23.0 Å². The Hall–Kier alpha value is -5.86. The zero-order valence-corrected chi connectivity index (χ0v) is 29.2. The largest absolute Gasteiger partial charge is 0.527 e. The lowest BCUT2D eigenvalue weighted by molar-refractivity contribution is 0.284. The van der Waals surface area contributed by atoms with Gasteiger partial charge in [-0.25, -0.2) is 9.13 Å². The maximum Gasteiger partial charge on any atom is 0.527 e. The van der Waals surface area contributed by atoms with Crippen LogP contribution in [0.25, 0.3) is 43.6 Å². The minimum absolute atomic E-state index is 0.216. The van der Waals surface area contributed by atoms with E-state index in [4.69, 9.17) is 18.1 Å². The minimum atomic E-state index is -4.76. The fourth-order valence-corrected chi connectivity index (χ4v) is 11.0. The van der Waals surface area contributed by atoms with E-state index >= 15 is 9.13 Å². The number of benzene rings is 4. The predicted molar refractivity (Wildman–Crippen MR) is 200 cm³/mol. The third-order valence-corrected chi connectivity index (χ3v) is 13.3. The summed E-state index contributed by atoms with van der Waals surface area (Å²) in [5.41, 5.74) is 2.45. The second-order valence-corrected chi connectivity index (χ2v) is 15.9. The molecule has 4 aromatic heterocycles. The summed E-state index contributed by atoms with van der Waals surface area (Å²) >= 11 is 0. The van der Waals surface area contributed by atoms with Crippen LogP contribution in [0.1, 0.15) is 12.8 Å². The van der Waals surface area contributed by atoms with Gasteiger partial charge in [-0.1, -0.05) is 28.7 Å². The van der Waals surface area contributed by atoms with Gasteiger partial charge in [0.15, 0.2) is 0 Å². The van der Waals surface area contributed by atoms with Crippen molar-refractivity contribution in [2.24, 2.45) is 0 Å². The molecule has 0 amide bonds. The molecule has 0 atom stereocenters. The minimum Gasteiger partial charge on any atom is -0.403 e. The lowest BCUT2D eigenvalue weighted by Crippen LogP contribution is -2.30. The molecule has 1 aliphatic carbocycles. The van der Waals surface area contributed by atoms with Crippen LogP contribution < -0.4 is 18.1 Å². The van der Waals surface area contributed by atoms with Crippen LogP contribution in [0.5, 0.6) is 23.0 Å². The molecule has 0 spiro atoms. The zero-order chi connectivity index (χ0) is 35.1. The second kappa shape index (κ2) is 13.0. The van der Waals surface area contributed by atoms with Gasteiger partial charge < -0.3 is 18.1 Å². The highest BCUT2D eigenvalue weighted by atomic mass is 31.3. The summed E-state index contributed by atoms with van der Waals surface area (Å²) in [5, 5.41) is 2.34. The van der Waals surface area contributed by atoms with Crippen LogP contribution in [0.4, 0.5) is 0 Å². The Kier molecular flexibility index (Phi) is 8.04. The molecule has 4 aromatic carbocycles. The van der Waals surface area contributed by atoms with Gasteiger partial charge in [0, 0.05) is 52.4 Å². The topological polar surface area (TPSA) is 126 Å². The molecule has 52 heavy (non-hydrogen) atoms. The molecule has 0 aliphatic heterocycles. The van der Waals surface area contributed by atoms with Gasteiger partial charge in [0.05, 0.1) is 22.1 Å². The summed E-state index contributed by atoms with van der Waals surface area (Å²) in [5.74, 6) is 0.864. The first-order chi connectivity index (χ1) is 25.5. The number of pyridine rings is 4. The van der Waals surface area contributed by atoms with Crippen molar-refractivity contribution in [3.05, 3.63) is 146 Å². The maximum atomic E-state index is 16.1. The number of hydrogen-bond acceptors (Lipinski definition) is 10. The molecule has 256 valence electrons. The highest BCUT2D eigenvalue weighted by Crippen LogP contribution is 2.71. The normalized spacial score (nSPS) is 13.5. The van der Waals surface area contributed by atoms with E-state index in [2.05, 4.69) is 19.9 Å². The molecule has 0 radical (unpaired) electrons. The van der Waals surface area contributed by atoms with Crippen molar-refractivity contribution < 1.29 is 27.2 Å². The van der Waals surface area contributed by atoms with Crippen LogP contribution in [0.15, 0.2) is 146 Å². The lowest BCUT2D eigenvalue weighted by atomic mass is 10.2. The van der Waals surface area contributed by atoms with E-state index < -0.39 is 21.5 Å². The Morgan fingerprint density at radius 1 is 0.423 bits per heavy atom. The molecule has 9 rings (SSSR count). The summed E-state index contributed by atoms with van der Waals surface area (Å²) in [6.45, 7) is 0. The van der Waals surface area contributed by atoms with E-state index in [9.17, 15) is 0 Å². The SMILES string of the molecule is O=P(Oc1cccc2ncccc12)(Oc1cccc2ncccc12)N(C1CC1)P(=O)(Oc1cccc2ncccc12)Oc1cccc2ncccc12. The Balaban J connectivity index is 1.26. The number of aromatic nitrogens is 4. The number of rotatable bonds is 11. The van der Waals surface area contributed by atoms with E-state index in [0.717, 1.165) is 0 Å². The van der Waals surface area contributed by atoms with Gasteiger partial charge in [-0.15, -0.1) is 0 Å². The van der Waals surface area contributed by atoms with Crippen LogP contribution in [-0.2, 0) is 9.13 Å². The van der Waals surface area contributed by atoms with E-state index in [-0.39, 0.29) is 23.0 Å². The standard InChI is InChI=1S/C39H29N5O6P2/c45-51(47-36-17-1-13-32-28(36)9-5-23-40-32,48-37-18-2-14-33-29(37)10-6-24-41-33)44(27-21-22-27)52(46,49-38-19-3-15-34-30(38)11-7-25-42-34)50-39-20-4-16-35-31(39)12-8-26-43-35/h1-20,23-27H,21-22H2. The van der Waals surface area contributed by atoms with Crippen LogP contribution in [0.2, 0.25) is 0 Å². The third kappa shape index (κ3) is 5.99. The molecule has 0 N–H and O–H groups in total. The molecule has 0 bridgehead atoms. The summed E-state index contributed by atoms with van der Waals surface area (Å²) in [4.78, 5) is 17.8. The Morgan fingerprint density at radius 2 is 0.712 bits per heavy atom. The average Bonchev–Trinajstić information content (AvgIpc) is 4.00. The molecular formula is C39H29N5O6P2. The first-order valence-corrected chi connectivity index (χ1v) is 19.6. The van der Waals surface area contributed by atoms with Crippen molar-refractivity contribution in [2.45, 2.75) is 18.9 Å². The molecule has 0 saturated heterocycles. The average molecular weight is 726 g/mol. The molecule has 13 heteroatoms. The Bertz CT molecular complexity index is 2360. The molecule has 8 aromatic rings. The summed E-state index contributed by atoms with van der Waals surface area (Å²) in [6.07, 6.45) is 7.70. The highest BCUT2D eigenvalue weighted by molar-refractivity contribution is 7.67. The molecular weight excluding hydrogens is 696 g/mol. The van der Waals surface area contributed by atoms with Crippen molar-refractivity contribution >= 4 is 59.1 Å². The van der Waals surface area contributed by atoms with Gasteiger partial charge in [-0.2, -0.15) is 0 Å². The first-order valence-electron chi connectivity index (χ1n) is 16.6. The molecule has 4 heterocycles. The third-order valence-electron chi connectivity index (χ3n) is 8.65. The van der Waals surface area contributed by atoms with Gasteiger partial charge >= 0.3 is 15.5 Å². The maximum absolute atomic E-state index is 16.1. The lowest BCUT2D eigenvalue weighted by Gasteiger charge is -2.34. The molecule has 11 nitrogen and oxygen atoms in total. The van der Waals surface area contributed by atoms with Crippen LogP contribution in [-0.4, -0.2) is 30.4 Å². The van der Waals surface area contributed by atoms with E-state index in [1.54, 1.807) is 97.6 Å². The van der Waals surface area contributed by atoms with Gasteiger partial charge in [0.25, 0.3) is 0 Å². The van der Waals surface area contributed by atoms with Gasteiger partial charge in [0.2, 0.25) is 0 Å². The van der Waals surface area contributed by atoms with Crippen molar-refractivity contribution in [1.29, 1.82) is 0 Å². The van der Waals surface area contributed by atoms with Crippen molar-refractivity contribution in [3.8, 4) is 23.0 Å².